The molecule has 0 unspecified atom stereocenters. The van der Waals surface area contributed by atoms with Gasteiger partial charge in [0.05, 0.1) is 32.1 Å². The van der Waals surface area contributed by atoms with Gasteiger partial charge in [-0.3, -0.25) is 4.79 Å². The second-order valence-electron chi connectivity index (χ2n) is 12.7. The Balaban J connectivity index is 1.11. The van der Waals surface area contributed by atoms with Crippen molar-refractivity contribution in [3.63, 3.8) is 0 Å². The van der Waals surface area contributed by atoms with E-state index in [-0.39, 0.29) is 17.9 Å². The van der Waals surface area contributed by atoms with Crippen molar-refractivity contribution in [2.75, 3.05) is 52.5 Å². The van der Waals surface area contributed by atoms with Gasteiger partial charge in [-0.2, -0.15) is 0 Å². The molecule has 0 saturated heterocycles. The third-order valence-electron chi connectivity index (χ3n) is 9.63. The minimum absolute atomic E-state index is 0.0637. The van der Waals surface area contributed by atoms with Crippen molar-refractivity contribution >= 4 is 22.5 Å². The molecule has 1 aromatic heterocycles. The Bertz CT molecular complexity index is 1590. The average Bonchev–Trinajstić information content (AvgIpc) is 3.50. The molecule has 2 heterocycles. The summed E-state index contributed by atoms with van der Waals surface area (Å²) >= 11 is 0. The van der Waals surface area contributed by atoms with Crippen molar-refractivity contribution in [2.45, 2.75) is 57.3 Å². The number of carbonyl (C=O) groups is 1. The van der Waals surface area contributed by atoms with Crippen LogP contribution >= 0.6 is 0 Å². The molecule has 1 saturated carbocycles. The lowest BCUT2D eigenvalue weighted by atomic mass is 9.74. The summed E-state index contributed by atoms with van der Waals surface area (Å²) in [7, 11) is 5.36. The van der Waals surface area contributed by atoms with Gasteiger partial charge in [-0.15, -0.1) is 0 Å². The van der Waals surface area contributed by atoms with Gasteiger partial charge in [0, 0.05) is 63.3 Å². The molecule has 1 amide bonds. The number of anilines is 1. The van der Waals surface area contributed by atoms with E-state index in [0.717, 1.165) is 79.2 Å². The maximum Gasteiger partial charge on any atom is 0.222 e. The first-order valence-electron chi connectivity index (χ1n) is 16.6. The monoisotopic (exact) mass is 625 g/mol. The molecule has 0 spiro atoms. The Labute approximate surface area is 272 Å². The van der Waals surface area contributed by atoms with Crippen LogP contribution in [-0.4, -0.2) is 69.5 Å². The van der Waals surface area contributed by atoms with Crippen molar-refractivity contribution in [3.05, 3.63) is 89.6 Å². The predicted molar refractivity (Wildman–Crippen MR) is 182 cm³/mol. The average molecular weight is 626 g/mol. The van der Waals surface area contributed by atoms with E-state index in [1.54, 1.807) is 14.2 Å². The van der Waals surface area contributed by atoms with Crippen LogP contribution in [0.15, 0.2) is 72.9 Å². The van der Waals surface area contributed by atoms with E-state index in [4.69, 9.17) is 18.9 Å². The highest BCUT2D eigenvalue weighted by atomic mass is 16.5. The molecule has 4 aromatic rings. The summed E-state index contributed by atoms with van der Waals surface area (Å²) in [5, 5.41) is 1.17. The molecule has 1 aliphatic heterocycles. The molecule has 1 aliphatic carbocycles. The number of benzene rings is 3. The van der Waals surface area contributed by atoms with Gasteiger partial charge >= 0.3 is 0 Å². The molecule has 6 rings (SSSR count). The molecular formula is C38H47N3O5. The Hall–Kier alpha value is -4.01. The van der Waals surface area contributed by atoms with Gasteiger partial charge in [-0.05, 0) is 78.6 Å². The first-order valence-corrected chi connectivity index (χ1v) is 16.6. The van der Waals surface area contributed by atoms with E-state index in [1.807, 2.05) is 42.4 Å². The van der Waals surface area contributed by atoms with Crippen LogP contribution in [0.3, 0.4) is 0 Å². The molecule has 1 N–H and O–H groups in total. The fourth-order valence-electron chi connectivity index (χ4n) is 7.07. The number of nitrogens with one attached hydrogen (secondary N) is 1. The van der Waals surface area contributed by atoms with Crippen LogP contribution in [0.25, 0.3) is 10.9 Å². The number of ether oxygens (including phenoxy) is 4. The fourth-order valence-corrected chi connectivity index (χ4v) is 7.07. The second kappa shape index (κ2) is 15.1. The third-order valence-corrected chi connectivity index (χ3v) is 9.63. The van der Waals surface area contributed by atoms with Crippen LogP contribution in [0.2, 0.25) is 0 Å². The number of fused-ring (bicyclic) bond motifs is 2. The standard InChI is InChI=1S/C38H47N3O5/c1-40(25-30-24-39-34-8-5-4-7-32(30)34)38(42)23-27-9-15-36(33(21-27)29-11-13-31(44-3)14-12-29)46-26-28-10-16-37-35(22-28)41(18-20-45-37)17-6-19-43-2/h4-5,7-8,10-14,16,22,24,27,33,36,39H,6,9,15,17-21,23,25-26H2,1-3H3/t27-,33+,36-/m0/s1. The first kappa shape index (κ1) is 32.0. The number of nitrogens with zero attached hydrogens (tertiary/aromatic N) is 2. The Morgan fingerprint density at radius 2 is 1.91 bits per heavy atom. The summed E-state index contributed by atoms with van der Waals surface area (Å²) in [5.41, 5.74) is 5.76. The first-order chi connectivity index (χ1) is 22.5. The largest absolute Gasteiger partial charge is 0.497 e. The minimum atomic E-state index is 0.0637. The van der Waals surface area contributed by atoms with Crippen LogP contribution in [0, 0.1) is 5.92 Å². The molecule has 8 heteroatoms. The van der Waals surface area contributed by atoms with Crippen LogP contribution in [0.5, 0.6) is 11.5 Å². The van der Waals surface area contributed by atoms with E-state index in [9.17, 15) is 4.79 Å². The number of H-pyrrole nitrogens is 1. The van der Waals surface area contributed by atoms with Gasteiger partial charge in [0.25, 0.3) is 0 Å². The summed E-state index contributed by atoms with van der Waals surface area (Å²) in [6.45, 7) is 4.39. The summed E-state index contributed by atoms with van der Waals surface area (Å²) in [5.74, 6) is 2.46. The number of aromatic nitrogens is 1. The lowest BCUT2D eigenvalue weighted by Gasteiger charge is -2.37. The molecule has 8 nitrogen and oxygen atoms in total. The van der Waals surface area contributed by atoms with Gasteiger partial charge in [-0.1, -0.05) is 36.4 Å². The second-order valence-corrected chi connectivity index (χ2v) is 12.7. The van der Waals surface area contributed by atoms with Crippen molar-refractivity contribution < 1.29 is 23.7 Å². The number of aromatic amines is 1. The van der Waals surface area contributed by atoms with Crippen molar-refractivity contribution in [1.29, 1.82) is 0 Å². The van der Waals surface area contributed by atoms with Crippen molar-refractivity contribution in [2.24, 2.45) is 5.92 Å². The number of rotatable bonds is 13. The van der Waals surface area contributed by atoms with E-state index in [2.05, 4.69) is 52.3 Å². The van der Waals surface area contributed by atoms with Gasteiger partial charge < -0.3 is 33.7 Å². The Kier molecular flexibility index (Phi) is 10.5. The molecular weight excluding hydrogens is 578 g/mol. The smallest absolute Gasteiger partial charge is 0.222 e. The van der Waals surface area contributed by atoms with Gasteiger partial charge in [0.2, 0.25) is 5.91 Å². The zero-order chi connectivity index (χ0) is 31.9. The molecule has 3 atom stereocenters. The summed E-state index contributed by atoms with van der Waals surface area (Å²) in [4.78, 5) is 21.1. The highest BCUT2D eigenvalue weighted by molar-refractivity contribution is 5.84. The van der Waals surface area contributed by atoms with E-state index >= 15 is 0 Å². The number of para-hydroxylation sites is 1. The van der Waals surface area contributed by atoms with Crippen molar-refractivity contribution in [1.82, 2.24) is 9.88 Å². The van der Waals surface area contributed by atoms with Crippen molar-refractivity contribution in [3.8, 4) is 11.5 Å². The number of methoxy groups -OCH3 is 2. The molecule has 3 aromatic carbocycles. The number of hydrogen-bond donors (Lipinski definition) is 1. The Morgan fingerprint density at radius 3 is 2.74 bits per heavy atom. The lowest BCUT2D eigenvalue weighted by Crippen LogP contribution is -2.34. The van der Waals surface area contributed by atoms with E-state index in [0.29, 0.717) is 32.1 Å². The minimum Gasteiger partial charge on any atom is -0.497 e. The lowest BCUT2D eigenvalue weighted by molar-refractivity contribution is -0.132. The summed E-state index contributed by atoms with van der Waals surface area (Å²) in [6.07, 6.45) is 6.40. The van der Waals surface area contributed by atoms with Crippen LogP contribution in [-0.2, 0) is 27.4 Å². The fraction of sp³-hybridized carbons (Fsp3) is 0.447. The zero-order valence-corrected chi connectivity index (χ0v) is 27.4. The molecule has 46 heavy (non-hydrogen) atoms. The molecule has 2 aliphatic rings. The number of carbonyl (C=O) groups excluding carboxylic acids is 1. The number of hydrogen-bond acceptors (Lipinski definition) is 6. The quantitative estimate of drug-likeness (QED) is 0.163. The SMILES string of the molecule is COCCCN1CCOc2ccc(CO[C@H]3CC[C@H](CC(=O)N(C)Cc4c[nH]c5ccccc45)C[C@@H]3c3ccc(OC)cc3)cc21. The maximum atomic E-state index is 13.5. The van der Waals surface area contributed by atoms with Crippen LogP contribution in [0.1, 0.15) is 54.7 Å². The van der Waals surface area contributed by atoms with Crippen LogP contribution < -0.4 is 14.4 Å². The Morgan fingerprint density at radius 1 is 1.07 bits per heavy atom. The molecule has 244 valence electrons. The highest BCUT2D eigenvalue weighted by Crippen LogP contribution is 2.41. The van der Waals surface area contributed by atoms with E-state index < -0.39 is 0 Å². The van der Waals surface area contributed by atoms with Gasteiger partial charge in [0.15, 0.2) is 0 Å². The van der Waals surface area contributed by atoms with Gasteiger partial charge in [0.1, 0.15) is 18.1 Å². The molecule has 1 fully saturated rings. The third kappa shape index (κ3) is 7.51. The maximum absolute atomic E-state index is 13.5. The van der Waals surface area contributed by atoms with E-state index in [1.165, 1.54) is 10.9 Å². The normalized spacial score (nSPS) is 19.5. The molecule has 0 radical (unpaired) electrons. The predicted octanol–water partition coefficient (Wildman–Crippen LogP) is 6.93. The highest BCUT2D eigenvalue weighted by Gasteiger charge is 2.34. The summed E-state index contributed by atoms with van der Waals surface area (Å²) in [6, 6.07) is 23.0. The molecule has 0 bridgehead atoms. The van der Waals surface area contributed by atoms with Crippen LogP contribution in [0.4, 0.5) is 5.69 Å². The zero-order valence-electron chi connectivity index (χ0n) is 27.4. The van der Waals surface area contributed by atoms with Gasteiger partial charge in [-0.25, -0.2) is 0 Å². The number of amides is 1. The summed E-state index contributed by atoms with van der Waals surface area (Å²) < 4.78 is 23.4. The topological polar surface area (TPSA) is 76.3 Å².